The number of hydrogen-bond donors (Lipinski definition) is 0. The number of Topliss-reactive ketones (excluding diaryl/α,β-unsaturated/α-hetero) is 1. The van der Waals surface area contributed by atoms with Crippen molar-refractivity contribution in [1.29, 1.82) is 0 Å². The summed E-state index contributed by atoms with van der Waals surface area (Å²) < 4.78 is 2.40. The van der Waals surface area contributed by atoms with Gasteiger partial charge in [-0.15, -0.1) is 0 Å². The minimum Gasteiger partial charge on any atom is -0.340 e. The van der Waals surface area contributed by atoms with Gasteiger partial charge in [0.15, 0.2) is 5.78 Å². The molecule has 1 aliphatic rings. The van der Waals surface area contributed by atoms with E-state index in [1.807, 2.05) is 18.3 Å². The van der Waals surface area contributed by atoms with Gasteiger partial charge in [0, 0.05) is 60.6 Å². The molecule has 0 N–H and O–H groups in total. The van der Waals surface area contributed by atoms with E-state index in [9.17, 15) is 4.79 Å². The first kappa shape index (κ1) is 15.1. The maximum Gasteiger partial charge on any atom is 0.159 e. The lowest BCUT2D eigenvalue weighted by molar-refractivity contribution is 0.101. The molecule has 24 heavy (non-hydrogen) atoms. The normalized spacial score (nSPS) is 14.8. The summed E-state index contributed by atoms with van der Waals surface area (Å²) in [5.41, 5.74) is 5.96. The summed E-state index contributed by atoms with van der Waals surface area (Å²) >= 11 is 0. The van der Waals surface area contributed by atoms with E-state index in [1.165, 1.54) is 27.7 Å². The Morgan fingerprint density at radius 2 is 2.17 bits per heavy atom. The molecule has 3 heterocycles. The van der Waals surface area contributed by atoms with Crippen molar-refractivity contribution in [3.8, 4) is 0 Å². The number of nitrogens with zero attached hydrogens (tertiary/aromatic N) is 3. The van der Waals surface area contributed by atoms with Crippen molar-refractivity contribution in [3.05, 3.63) is 65.1 Å². The fourth-order valence-electron chi connectivity index (χ4n) is 3.66. The second-order valence-corrected chi connectivity index (χ2v) is 6.65. The maximum atomic E-state index is 11.8. The number of likely N-dealkylation sites (N-methyl/N-ethyl adjacent to an activating group) is 1. The van der Waals surface area contributed by atoms with E-state index >= 15 is 0 Å². The molecule has 0 unspecified atom stereocenters. The summed E-state index contributed by atoms with van der Waals surface area (Å²) in [6.45, 7) is 4.46. The molecule has 0 saturated heterocycles. The van der Waals surface area contributed by atoms with Crippen molar-refractivity contribution in [3.63, 3.8) is 0 Å². The van der Waals surface area contributed by atoms with Gasteiger partial charge in [-0.2, -0.15) is 0 Å². The van der Waals surface area contributed by atoms with E-state index in [2.05, 4.69) is 39.7 Å². The van der Waals surface area contributed by atoms with Crippen LogP contribution < -0.4 is 0 Å². The summed E-state index contributed by atoms with van der Waals surface area (Å²) in [5, 5.41) is 1.22. The van der Waals surface area contributed by atoms with Crippen LogP contribution in [0.2, 0.25) is 0 Å². The molecular formula is C20H21N3O. The Hall–Kier alpha value is -2.46. The molecule has 0 saturated carbocycles. The topological polar surface area (TPSA) is 38.1 Å². The van der Waals surface area contributed by atoms with Crippen LogP contribution in [0, 0.1) is 0 Å². The predicted molar refractivity (Wildman–Crippen MR) is 95.3 cm³/mol. The summed E-state index contributed by atoms with van der Waals surface area (Å²) in [5.74, 6) is 0.120. The number of fused-ring (bicyclic) bond motifs is 3. The maximum absolute atomic E-state index is 11.8. The Bertz CT molecular complexity index is 912. The van der Waals surface area contributed by atoms with E-state index in [4.69, 9.17) is 0 Å². The summed E-state index contributed by atoms with van der Waals surface area (Å²) in [6, 6.07) is 10.2. The van der Waals surface area contributed by atoms with Crippen molar-refractivity contribution in [2.75, 3.05) is 13.6 Å². The van der Waals surface area contributed by atoms with Gasteiger partial charge in [0.05, 0.1) is 0 Å². The van der Waals surface area contributed by atoms with Gasteiger partial charge in [-0.25, -0.2) is 0 Å². The predicted octanol–water partition coefficient (Wildman–Crippen LogP) is 3.28. The number of benzene rings is 1. The van der Waals surface area contributed by atoms with E-state index in [0.29, 0.717) is 0 Å². The molecule has 0 aliphatic carbocycles. The number of rotatable bonds is 3. The highest BCUT2D eigenvalue weighted by Crippen LogP contribution is 2.32. The number of carbonyl (C=O) groups excluding carboxylic acids is 1. The second kappa shape index (κ2) is 5.87. The highest BCUT2D eigenvalue weighted by Gasteiger charge is 2.23. The Labute approximate surface area is 141 Å². The fourth-order valence-corrected chi connectivity index (χ4v) is 3.66. The van der Waals surface area contributed by atoms with Gasteiger partial charge in [0.2, 0.25) is 0 Å². The molecule has 0 amide bonds. The van der Waals surface area contributed by atoms with E-state index < -0.39 is 0 Å². The van der Waals surface area contributed by atoms with E-state index in [1.54, 1.807) is 13.1 Å². The number of pyridine rings is 1. The highest BCUT2D eigenvalue weighted by molar-refractivity contribution is 5.99. The third-order valence-electron chi connectivity index (χ3n) is 4.91. The molecule has 0 atom stereocenters. The van der Waals surface area contributed by atoms with Crippen molar-refractivity contribution >= 4 is 16.7 Å². The molecule has 4 nitrogen and oxygen atoms in total. The largest absolute Gasteiger partial charge is 0.340 e. The molecule has 0 fully saturated rings. The van der Waals surface area contributed by atoms with Crippen molar-refractivity contribution in [2.45, 2.75) is 26.4 Å². The molecule has 0 radical (unpaired) electrons. The Balaban J connectivity index is 1.90. The molecule has 4 rings (SSSR count). The van der Waals surface area contributed by atoms with Crippen LogP contribution in [-0.4, -0.2) is 33.8 Å². The Morgan fingerprint density at radius 3 is 2.92 bits per heavy atom. The molecule has 3 aromatic rings. The van der Waals surface area contributed by atoms with Crippen LogP contribution in [0.3, 0.4) is 0 Å². The van der Waals surface area contributed by atoms with Crippen LogP contribution in [0.5, 0.6) is 0 Å². The van der Waals surface area contributed by atoms with Crippen LogP contribution in [0.15, 0.2) is 42.7 Å². The van der Waals surface area contributed by atoms with Gasteiger partial charge in [-0.05, 0) is 49.4 Å². The smallest absolute Gasteiger partial charge is 0.159 e. The number of aromatic nitrogens is 2. The number of ketones is 1. The monoisotopic (exact) mass is 319 g/mol. The molecular weight excluding hydrogens is 298 g/mol. The molecule has 1 aromatic carbocycles. The van der Waals surface area contributed by atoms with E-state index in [0.717, 1.165) is 31.6 Å². The van der Waals surface area contributed by atoms with E-state index in [-0.39, 0.29) is 5.78 Å². The average Bonchev–Trinajstić information content (AvgIpc) is 2.88. The summed E-state index contributed by atoms with van der Waals surface area (Å²) in [7, 11) is 2.15. The number of hydrogen-bond acceptors (Lipinski definition) is 3. The quantitative estimate of drug-likeness (QED) is 0.695. The van der Waals surface area contributed by atoms with Crippen LogP contribution in [0.4, 0.5) is 0 Å². The molecule has 4 heteroatoms. The lowest BCUT2D eigenvalue weighted by atomic mass is 10.0. The minimum atomic E-state index is 0.120. The fraction of sp³-hybridized carbons (Fsp3) is 0.300. The van der Waals surface area contributed by atoms with Gasteiger partial charge >= 0.3 is 0 Å². The first-order valence-electron chi connectivity index (χ1n) is 8.36. The standard InChI is InChI=1S/C20H21N3O/c1-14(24)16-5-6-19-17(10-16)18-13-22(2)9-7-20(18)23(19)12-15-4-3-8-21-11-15/h3-6,8,10-11H,7,9,12-13H2,1-2H3. The third kappa shape index (κ3) is 2.53. The van der Waals surface area contributed by atoms with Crippen LogP contribution in [0.25, 0.3) is 10.9 Å². The highest BCUT2D eigenvalue weighted by atomic mass is 16.1. The van der Waals surface area contributed by atoms with Gasteiger partial charge in [-0.1, -0.05) is 6.07 Å². The second-order valence-electron chi connectivity index (χ2n) is 6.65. The average molecular weight is 319 g/mol. The summed E-state index contributed by atoms with van der Waals surface area (Å²) in [4.78, 5) is 18.4. The zero-order chi connectivity index (χ0) is 16.7. The van der Waals surface area contributed by atoms with Crippen LogP contribution in [0.1, 0.15) is 34.1 Å². The molecule has 0 spiro atoms. The zero-order valence-corrected chi connectivity index (χ0v) is 14.1. The van der Waals surface area contributed by atoms with Crippen LogP contribution >= 0.6 is 0 Å². The Morgan fingerprint density at radius 1 is 1.29 bits per heavy atom. The third-order valence-corrected chi connectivity index (χ3v) is 4.91. The summed E-state index contributed by atoms with van der Waals surface area (Å²) in [6.07, 6.45) is 4.77. The Kier molecular flexibility index (Phi) is 3.69. The first-order chi connectivity index (χ1) is 11.6. The van der Waals surface area contributed by atoms with Gasteiger partial charge in [0.25, 0.3) is 0 Å². The minimum absolute atomic E-state index is 0.120. The van der Waals surface area contributed by atoms with Gasteiger partial charge in [-0.3, -0.25) is 9.78 Å². The number of carbonyl (C=O) groups is 1. The lowest BCUT2D eigenvalue weighted by Gasteiger charge is -2.24. The van der Waals surface area contributed by atoms with Crippen molar-refractivity contribution in [2.24, 2.45) is 0 Å². The van der Waals surface area contributed by atoms with Gasteiger partial charge in [0.1, 0.15) is 0 Å². The van der Waals surface area contributed by atoms with Gasteiger partial charge < -0.3 is 9.47 Å². The molecule has 1 aliphatic heterocycles. The van der Waals surface area contributed by atoms with Crippen LogP contribution in [-0.2, 0) is 19.5 Å². The first-order valence-corrected chi connectivity index (χ1v) is 8.36. The zero-order valence-electron chi connectivity index (χ0n) is 14.1. The molecule has 0 bridgehead atoms. The molecule has 122 valence electrons. The lowest BCUT2D eigenvalue weighted by Crippen LogP contribution is -2.27. The van der Waals surface area contributed by atoms with Crippen molar-refractivity contribution in [1.82, 2.24) is 14.5 Å². The van der Waals surface area contributed by atoms with Crippen molar-refractivity contribution < 1.29 is 4.79 Å². The molecule has 2 aromatic heterocycles. The SMILES string of the molecule is CC(=O)c1ccc2c(c1)c1c(n2Cc2cccnc2)CCN(C)C1.